The number of hydrogen-bond donors (Lipinski definition) is 1. The third kappa shape index (κ3) is 4.42. The highest BCUT2D eigenvalue weighted by Crippen LogP contribution is 2.33. The minimum atomic E-state index is -3.77. The van der Waals surface area contributed by atoms with E-state index in [2.05, 4.69) is 5.32 Å². The van der Waals surface area contributed by atoms with Crippen LogP contribution < -0.4 is 10.2 Å². The van der Waals surface area contributed by atoms with Gasteiger partial charge in [-0.25, -0.2) is 17.2 Å². The molecule has 0 bridgehead atoms. The molecule has 1 atom stereocenters. The van der Waals surface area contributed by atoms with Gasteiger partial charge in [0, 0.05) is 18.7 Å². The molecule has 1 saturated heterocycles. The number of amides is 2. The molecule has 7 nitrogen and oxygen atoms in total. The molecule has 1 aromatic rings. The zero-order valence-electron chi connectivity index (χ0n) is 16.5. The number of carbonyl (C=O) groups excluding carboxylic acids is 2. The van der Waals surface area contributed by atoms with Crippen molar-refractivity contribution in [1.29, 1.82) is 0 Å². The largest absolute Gasteiger partial charge is 0.351 e. The molecule has 1 aliphatic heterocycles. The summed E-state index contributed by atoms with van der Waals surface area (Å²) >= 11 is 0. The van der Waals surface area contributed by atoms with Crippen LogP contribution in [0.2, 0.25) is 0 Å². The Morgan fingerprint density at radius 2 is 1.86 bits per heavy atom. The summed E-state index contributed by atoms with van der Waals surface area (Å²) in [4.78, 5) is 27.1. The standard InChI is InChI=1S/C19H25F2N3O4S/c1-19(18(26)22-14-6-4-3-5-7-14)12-23(29(2,27)28)11-17(25)24(19)16-9-8-13(20)10-15(16)21/h8-10,14H,3-7,11-12H2,1-2H3,(H,22,26). The fourth-order valence-electron chi connectivity index (χ4n) is 4.03. The highest BCUT2D eigenvalue weighted by atomic mass is 32.2. The first kappa shape index (κ1) is 21.6. The predicted octanol–water partition coefficient (Wildman–Crippen LogP) is 1.78. The maximum atomic E-state index is 14.5. The smallest absolute Gasteiger partial charge is 0.247 e. The van der Waals surface area contributed by atoms with Crippen LogP contribution in [0.1, 0.15) is 39.0 Å². The van der Waals surface area contributed by atoms with E-state index in [1.54, 1.807) is 0 Å². The Kier molecular flexibility index (Phi) is 5.96. The SMILES string of the molecule is CC1(C(=O)NC2CCCCC2)CN(S(C)(=O)=O)CC(=O)N1c1ccc(F)cc1F. The maximum absolute atomic E-state index is 14.5. The first-order valence-corrected chi connectivity index (χ1v) is 11.4. The average molecular weight is 429 g/mol. The molecule has 0 spiro atoms. The van der Waals surface area contributed by atoms with Crippen molar-refractivity contribution in [3.8, 4) is 0 Å². The molecule has 0 aromatic heterocycles. The third-order valence-electron chi connectivity index (χ3n) is 5.59. The first-order valence-electron chi connectivity index (χ1n) is 9.56. The van der Waals surface area contributed by atoms with Crippen LogP contribution in [0.4, 0.5) is 14.5 Å². The summed E-state index contributed by atoms with van der Waals surface area (Å²) in [5.41, 5.74) is -1.94. The van der Waals surface area contributed by atoms with Gasteiger partial charge >= 0.3 is 0 Å². The van der Waals surface area contributed by atoms with Gasteiger partial charge in [0.05, 0.1) is 18.5 Å². The Morgan fingerprint density at radius 1 is 1.21 bits per heavy atom. The molecule has 1 N–H and O–H groups in total. The van der Waals surface area contributed by atoms with Gasteiger partial charge in [-0.3, -0.25) is 14.5 Å². The normalized spacial score (nSPS) is 24.6. The van der Waals surface area contributed by atoms with Gasteiger partial charge in [0.25, 0.3) is 0 Å². The summed E-state index contributed by atoms with van der Waals surface area (Å²) in [6, 6.07) is 2.63. The number of rotatable bonds is 4. The lowest BCUT2D eigenvalue weighted by Gasteiger charge is -2.47. The Hall–Kier alpha value is -2.07. The fraction of sp³-hybridized carbons (Fsp3) is 0.579. The zero-order valence-corrected chi connectivity index (χ0v) is 17.3. The maximum Gasteiger partial charge on any atom is 0.247 e. The Balaban J connectivity index is 2.01. The Morgan fingerprint density at radius 3 is 2.45 bits per heavy atom. The molecule has 2 amide bonds. The number of sulfonamides is 1. The minimum Gasteiger partial charge on any atom is -0.351 e. The molecular formula is C19H25F2N3O4S. The minimum absolute atomic E-state index is 0.0864. The lowest BCUT2D eigenvalue weighted by atomic mass is 9.91. The third-order valence-corrected chi connectivity index (χ3v) is 6.78. The monoisotopic (exact) mass is 429 g/mol. The molecule has 1 unspecified atom stereocenters. The molecule has 0 radical (unpaired) electrons. The van der Waals surface area contributed by atoms with Gasteiger partial charge in [-0.05, 0) is 31.9 Å². The second-order valence-corrected chi connectivity index (χ2v) is 9.92. The highest BCUT2D eigenvalue weighted by Gasteiger charge is 2.51. The number of hydrogen-bond acceptors (Lipinski definition) is 4. The quantitative estimate of drug-likeness (QED) is 0.791. The van der Waals surface area contributed by atoms with Gasteiger partial charge in [0.2, 0.25) is 21.8 Å². The van der Waals surface area contributed by atoms with Crippen molar-refractivity contribution in [2.45, 2.75) is 50.6 Å². The zero-order chi connectivity index (χ0) is 21.4. The summed E-state index contributed by atoms with van der Waals surface area (Å²) in [5.74, 6) is -3.13. The lowest BCUT2D eigenvalue weighted by Crippen LogP contribution is -2.71. The average Bonchev–Trinajstić information content (AvgIpc) is 2.63. The van der Waals surface area contributed by atoms with Crippen LogP contribution in [-0.2, 0) is 19.6 Å². The van der Waals surface area contributed by atoms with E-state index in [4.69, 9.17) is 0 Å². The van der Waals surface area contributed by atoms with Crippen LogP contribution in [0.25, 0.3) is 0 Å². The van der Waals surface area contributed by atoms with Gasteiger partial charge in [-0.15, -0.1) is 0 Å². The molecular weight excluding hydrogens is 404 g/mol. The van der Waals surface area contributed by atoms with Crippen LogP contribution in [0.3, 0.4) is 0 Å². The van der Waals surface area contributed by atoms with Crippen molar-refractivity contribution in [3.63, 3.8) is 0 Å². The molecule has 2 aliphatic rings. The van der Waals surface area contributed by atoms with Crippen LogP contribution in [0, 0.1) is 11.6 Å². The van der Waals surface area contributed by atoms with Crippen LogP contribution in [0.5, 0.6) is 0 Å². The summed E-state index contributed by atoms with van der Waals surface area (Å²) < 4.78 is 53.0. The molecule has 1 saturated carbocycles. The number of benzene rings is 1. The second-order valence-electron chi connectivity index (χ2n) is 7.94. The fourth-order valence-corrected chi connectivity index (χ4v) is 4.86. The molecule has 29 heavy (non-hydrogen) atoms. The van der Waals surface area contributed by atoms with Crippen LogP contribution in [-0.4, -0.2) is 55.5 Å². The number of piperazine rings is 1. The molecule has 1 aromatic carbocycles. The predicted molar refractivity (Wildman–Crippen MR) is 104 cm³/mol. The van der Waals surface area contributed by atoms with Gasteiger partial charge in [0.15, 0.2) is 0 Å². The van der Waals surface area contributed by atoms with Gasteiger partial charge in [0.1, 0.15) is 17.2 Å². The van der Waals surface area contributed by atoms with E-state index in [0.29, 0.717) is 6.07 Å². The summed E-state index contributed by atoms with van der Waals surface area (Å²) in [5, 5.41) is 2.90. The molecule has 160 valence electrons. The van der Waals surface area contributed by atoms with Gasteiger partial charge < -0.3 is 5.32 Å². The molecule has 3 rings (SSSR count). The van der Waals surface area contributed by atoms with Crippen molar-refractivity contribution >= 4 is 27.5 Å². The summed E-state index contributed by atoms with van der Waals surface area (Å²) in [6.07, 6.45) is 5.54. The van der Waals surface area contributed by atoms with Crippen molar-refractivity contribution in [1.82, 2.24) is 9.62 Å². The molecule has 10 heteroatoms. The van der Waals surface area contributed by atoms with E-state index in [0.717, 1.165) is 59.7 Å². The van der Waals surface area contributed by atoms with E-state index in [1.165, 1.54) is 6.92 Å². The molecule has 1 heterocycles. The van der Waals surface area contributed by atoms with E-state index in [1.807, 2.05) is 0 Å². The number of carbonyl (C=O) groups is 2. The Labute approximate surface area is 169 Å². The van der Waals surface area contributed by atoms with Crippen molar-refractivity contribution in [2.24, 2.45) is 0 Å². The topological polar surface area (TPSA) is 86.8 Å². The van der Waals surface area contributed by atoms with E-state index < -0.39 is 45.6 Å². The number of nitrogens with zero attached hydrogens (tertiary/aromatic N) is 2. The summed E-state index contributed by atoms with van der Waals surface area (Å²) in [7, 11) is -3.77. The Bertz CT molecular complexity index is 918. The summed E-state index contributed by atoms with van der Waals surface area (Å²) in [6.45, 7) is 0.554. The molecule has 2 fully saturated rings. The van der Waals surface area contributed by atoms with Crippen molar-refractivity contribution in [3.05, 3.63) is 29.8 Å². The lowest BCUT2D eigenvalue weighted by molar-refractivity contribution is -0.133. The highest BCUT2D eigenvalue weighted by molar-refractivity contribution is 7.88. The van der Waals surface area contributed by atoms with Crippen molar-refractivity contribution < 1.29 is 26.8 Å². The first-order chi connectivity index (χ1) is 13.5. The second kappa shape index (κ2) is 7.98. The van der Waals surface area contributed by atoms with E-state index >= 15 is 0 Å². The number of anilines is 1. The van der Waals surface area contributed by atoms with E-state index in [9.17, 15) is 26.8 Å². The molecule has 1 aliphatic carbocycles. The number of halogens is 2. The number of nitrogens with one attached hydrogen (secondary N) is 1. The van der Waals surface area contributed by atoms with Gasteiger partial charge in [-0.1, -0.05) is 19.3 Å². The van der Waals surface area contributed by atoms with Crippen LogP contribution >= 0.6 is 0 Å². The van der Waals surface area contributed by atoms with Crippen LogP contribution in [0.15, 0.2) is 18.2 Å². The van der Waals surface area contributed by atoms with Gasteiger partial charge in [-0.2, -0.15) is 4.31 Å². The van der Waals surface area contributed by atoms with Crippen molar-refractivity contribution in [2.75, 3.05) is 24.2 Å². The van der Waals surface area contributed by atoms with E-state index in [-0.39, 0.29) is 18.3 Å².